The molecule has 1 amide bonds. The van der Waals surface area contributed by atoms with E-state index in [2.05, 4.69) is 15.0 Å². The number of fused-ring (bicyclic) bond motifs is 2. The highest BCUT2D eigenvalue weighted by molar-refractivity contribution is 6.09. The van der Waals surface area contributed by atoms with Gasteiger partial charge in [-0.05, 0) is 12.1 Å². The van der Waals surface area contributed by atoms with Gasteiger partial charge in [0, 0.05) is 11.6 Å². The van der Waals surface area contributed by atoms with E-state index in [9.17, 15) is 4.79 Å². The molecule has 3 aromatic rings. The summed E-state index contributed by atoms with van der Waals surface area (Å²) < 4.78 is 0. The van der Waals surface area contributed by atoms with E-state index in [1.165, 1.54) is 6.20 Å². The number of rotatable bonds is 1. The van der Waals surface area contributed by atoms with Crippen molar-refractivity contribution in [1.82, 2.24) is 15.0 Å². The number of nitriles is 1. The highest BCUT2D eigenvalue weighted by atomic mass is 16.1. The summed E-state index contributed by atoms with van der Waals surface area (Å²) in [7, 11) is 0. The highest BCUT2D eigenvalue weighted by Crippen LogP contribution is 2.24. The number of carbonyl (C=O) groups excluding carboxylic acids is 1. The summed E-state index contributed by atoms with van der Waals surface area (Å²) in [6.45, 7) is 0. The van der Waals surface area contributed by atoms with Gasteiger partial charge in [0.25, 0.3) is 5.91 Å². The Kier molecular flexibility index (Phi) is 2.01. The molecule has 0 bridgehead atoms. The van der Waals surface area contributed by atoms with Crippen molar-refractivity contribution in [2.75, 3.05) is 0 Å². The maximum absolute atomic E-state index is 11.5. The van der Waals surface area contributed by atoms with Gasteiger partial charge in [0.15, 0.2) is 0 Å². The molecule has 3 N–H and O–H groups in total. The van der Waals surface area contributed by atoms with Crippen LogP contribution in [0.4, 0.5) is 0 Å². The predicted octanol–water partition coefficient (Wildman–Crippen LogP) is 1.08. The molecule has 3 rings (SSSR count). The number of imidazole rings is 1. The molecule has 0 unspecified atom stereocenters. The first-order chi connectivity index (χ1) is 8.70. The Bertz CT molecular complexity index is 827. The number of carbonyl (C=O) groups is 1. The summed E-state index contributed by atoms with van der Waals surface area (Å²) in [4.78, 5) is 22.7. The van der Waals surface area contributed by atoms with Crippen LogP contribution in [0.15, 0.2) is 24.7 Å². The number of benzene rings is 1. The third-order valence-electron chi connectivity index (χ3n) is 2.78. The molecule has 6 nitrogen and oxygen atoms in total. The normalized spacial score (nSPS) is 10.6. The highest BCUT2D eigenvalue weighted by Gasteiger charge is 2.14. The smallest absolute Gasteiger partial charge is 0.250 e. The molecule has 86 valence electrons. The van der Waals surface area contributed by atoms with Crippen LogP contribution in [-0.2, 0) is 0 Å². The Morgan fingerprint density at radius 3 is 2.89 bits per heavy atom. The van der Waals surface area contributed by atoms with Gasteiger partial charge in [0.1, 0.15) is 6.07 Å². The zero-order valence-electron chi connectivity index (χ0n) is 9.14. The molecule has 18 heavy (non-hydrogen) atoms. The number of nitrogens with zero attached hydrogens (tertiary/aromatic N) is 3. The van der Waals surface area contributed by atoms with Gasteiger partial charge in [-0.2, -0.15) is 5.26 Å². The second-order valence-electron chi connectivity index (χ2n) is 3.81. The molecule has 0 saturated heterocycles. The average molecular weight is 237 g/mol. The van der Waals surface area contributed by atoms with Gasteiger partial charge in [-0.3, -0.25) is 9.78 Å². The first kappa shape index (κ1) is 10.2. The van der Waals surface area contributed by atoms with Crippen LogP contribution in [0.2, 0.25) is 0 Å². The van der Waals surface area contributed by atoms with E-state index < -0.39 is 5.91 Å². The number of hydrogen-bond acceptors (Lipinski definition) is 4. The van der Waals surface area contributed by atoms with Crippen LogP contribution < -0.4 is 5.73 Å². The second-order valence-corrected chi connectivity index (χ2v) is 3.81. The molecule has 1 aromatic carbocycles. The summed E-state index contributed by atoms with van der Waals surface area (Å²) in [5.41, 5.74) is 7.80. The molecule has 0 radical (unpaired) electrons. The van der Waals surface area contributed by atoms with E-state index in [4.69, 9.17) is 11.0 Å². The van der Waals surface area contributed by atoms with Gasteiger partial charge in [-0.25, -0.2) is 4.98 Å². The minimum Gasteiger partial charge on any atom is -0.366 e. The molecular formula is C12H7N5O. The van der Waals surface area contributed by atoms with E-state index in [1.54, 1.807) is 18.5 Å². The van der Waals surface area contributed by atoms with Crippen LogP contribution in [0.5, 0.6) is 0 Å². The zero-order chi connectivity index (χ0) is 12.7. The lowest BCUT2D eigenvalue weighted by Gasteiger charge is -2.04. The topological polar surface area (TPSA) is 108 Å². The van der Waals surface area contributed by atoms with Gasteiger partial charge in [-0.1, -0.05) is 0 Å². The molecular weight excluding hydrogens is 230 g/mol. The summed E-state index contributed by atoms with van der Waals surface area (Å²) in [6.07, 6.45) is 2.90. The van der Waals surface area contributed by atoms with Crippen molar-refractivity contribution >= 4 is 27.8 Å². The van der Waals surface area contributed by atoms with Crippen molar-refractivity contribution in [3.63, 3.8) is 0 Å². The monoisotopic (exact) mass is 237 g/mol. The Hall–Kier alpha value is -2.94. The summed E-state index contributed by atoms with van der Waals surface area (Å²) in [5.74, 6) is -0.641. The number of nitrogens with one attached hydrogen (secondary N) is 1. The number of hydrogen-bond donors (Lipinski definition) is 2. The molecule has 0 atom stereocenters. The van der Waals surface area contributed by atoms with Crippen molar-refractivity contribution in [3.8, 4) is 6.07 Å². The number of primary amides is 1. The van der Waals surface area contributed by atoms with Crippen molar-refractivity contribution in [3.05, 3.63) is 35.8 Å². The van der Waals surface area contributed by atoms with E-state index in [0.717, 1.165) is 11.0 Å². The van der Waals surface area contributed by atoms with E-state index >= 15 is 0 Å². The lowest BCUT2D eigenvalue weighted by atomic mass is 10.0. The van der Waals surface area contributed by atoms with Crippen LogP contribution in [0, 0.1) is 11.3 Å². The van der Waals surface area contributed by atoms with Crippen molar-refractivity contribution in [2.24, 2.45) is 5.73 Å². The molecule has 0 saturated carbocycles. The van der Waals surface area contributed by atoms with Gasteiger partial charge < -0.3 is 10.7 Å². The van der Waals surface area contributed by atoms with Crippen molar-refractivity contribution in [2.45, 2.75) is 0 Å². The van der Waals surface area contributed by atoms with Gasteiger partial charge in [0.2, 0.25) is 0 Å². The fourth-order valence-corrected chi connectivity index (χ4v) is 1.97. The van der Waals surface area contributed by atoms with Crippen LogP contribution in [0.25, 0.3) is 21.9 Å². The zero-order valence-corrected chi connectivity index (χ0v) is 9.14. The van der Waals surface area contributed by atoms with Gasteiger partial charge in [0.05, 0.1) is 34.0 Å². The van der Waals surface area contributed by atoms with Crippen LogP contribution in [0.1, 0.15) is 15.9 Å². The number of H-pyrrole nitrogens is 1. The van der Waals surface area contributed by atoms with E-state index in [1.807, 2.05) is 6.07 Å². The molecule has 2 aromatic heterocycles. The molecule has 0 aliphatic heterocycles. The third kappa shape index (κ3) is 1.31. The lowest BCUT2D eigenvalue weighted by molar-refractivity contribution is 0.100. The maximum atomic E-state index is 11.5. The Labute approximate surface area is 101 Å². The maximum Gasteiger partial charge on any atom is 0.250 e. The largest absolute Gasteiger partial charge is 0.366 e. The van der Waals surface area contributed by atoms with E-state index in [-0.39, 0.29) is 11.1 Å². The number of aromatic nitrogens is 3. The van der Waals surface area contributed by atoms with E-state index in [0.29, 0.717) is 10.9 Å². The number of aromatic amines is 1. The summed E-state index contributed by atoms with van der Waals surface area (Å²) in [6, 6.07) is 5.39. The molecule has 6 heteroatoms. The van der Waals surface area contributed by atoms with Crippen molar-refractivity contribution in [1.29, 1.82) is 5.26 Å². The Morgan fingerprint density at radius 2 is 2.17 bits per heavy atom. The third-order valence-corrected chi connectivity index (χ3v) is 2.78. The Morgan fingerprint density at radius 1 is 1.33 bits per heavy atom. The quantitative estimate of drug-likeness (QED) is 0.660. The van der Waals surface area contributed by atoms with Crippen LogP contribution in [0.3, 0.4) is 0 Å². The molecule has 0 aliphatic rings. The van der Waals surface area contributed by atoms with Crippen molar-refractivity contribution < 1.29 is 4.79 Å². The van der Waals surface area contributed by atoms with Gasteiger partial charge in [-0.15, -0.1) is 0 Å². The number of amides is 1. The Balaban J connectivity index is 2.52. The second kappa shape index (κ2) is 3.53. The summed E-state index contributed by atoms with van der Waals surface area (Å²) >= 11 is 0. The average Bonchev–Trinajstić information content (AvgIpc) is 2.81. The molecule has 0 aliphatic carbocycles. The van der Waals surface area contributed by atoms with Crippen LogP contribution >= 0.6 is 0 Å². The lowest BCUT2D eigenvalue weighted by Crippen LogP contribution is -2.14. The number of nitrogens with two attached hydrogens (primary N) is 1. The standard InChI is InChI=1S/C12H7N5O/c13-3-6-4-15-8-2-10-9(16-5-17-10)1-7(8)11(6)12(14)18/h1-2,4-5H,(H2,14,18)(H,16,17). The fraction of sp³-hybridized carbons (Fsp3) is 0. The molecule has 0 spiro atoms. The predicted molar refractivity (Wildman–Crippen MR) is 64.6 cm³/mol. The first-order valence-corrected chi connectivity index (χ1v) is 5.16. The minimum atomic E-state index is -0.641. The SMILES string of the molecule is N#Cc1cnc2cc3nc[nH]c3cc2c1C(N)=O. The fourth-order valence-electron chi connectivity index (χ4n) is 1.97. The molecule has 0 fully saturated rings. The number of pyridine rings is 1. The summed E-state index contributed by atoms with van der Waals surface area (Å²) in [5, 5.41) is 9.54. The minimum absolute atomic E-state index is 0.175. The van der Waals surface area contributed by atoms with Crippen LogP contribution in [-0.4, -0.2) is 20.9 Å². The van der Waals surface area contributed by atoms with Gasteiger partial charge >= 0.3 is 0 Å². The molecule has 2 heterocycles. The first-order valence-electron chi connectivity index (χ1n) is 5.16.